The smallest absolute Gasteiger partial charge is 0.148 e. The van der Waals surface area contributed by atoms with Crippen LogP contribution in [0.5, 0.6) is 5.75 Å². The van der Waals surface area contributed by atoms with Crippen LogP contribution in [0.2, 0.25) is 0 Å². The summed E-state index contributed by atoms with van der Waals surface area (Å²) < 4.78 is 5.61. The van der Waals surface area contributed by atoms with E-state index < -0.39 is 0 Å². The number of para-hydroxylation sites is 1. The van der Waals surface area contributed by atoms with Gasteiger partial charge in [0.15, 0.2) is 0 Å². The third-order valence-corrected chi connectivity index (χ3v) is 4.67. The Hall–Kier alpha value is -2.51. The van der Waals surface area contributed by atoms with E-state index in [0.29, 0.717) is 6.61 Å². The SMILES string of the molecule is C#CCOc1ccccc1CNCc1ccnc(N2CCCCCC2)c1. The Morgan fingerprint density at radius 2 is 1.88 bits per heavy atom. The average Bonchev–Trinajstić information content (AvgIpc) is 2.97. The first kappa shape index (κ1) is 18.3. The van der Waals surface area contributed by atoms with Gasteiger partial charge in [-0.1, -0.05) is 37.0 Å². The van der Waals surface area contributed by atoms with Crippen LogP contribution in [0.1, 0.15) is 36.8 Å². The normalized spacial score (nSPS) is 14.5. The Labute approximate surface area is 156 Å². The van der Waals surface area contributed by atoms with Crippen molar-refractivity contribution < 1.29 is 4.74 Å². The van der Waals surface area contributed by atoms with Crippen LogP contribution in [-0.2, 0) is 13.1 Å². The van der Waals surface area contributed by atoms with Gasteiger partial charge < -0.3 is 15.0 Å². The summed E-state index contributed by atoms with van der Waals surface area (Å²) in [7, 11) is 0. The molecule has 0 radical (unpaired) electrons. The molecule has 136 valence electrons. The quantitative estimate of drug-likeness (QED) is 0.772. The fraction of sp³-hybridized carbons (Fsp3) is 0.409. The molecule has 0 aliphatic carbocycles. The van der Waals surface area contributed by atoms with Gasteiger partial charge in [-0.25, -0.2) is 4.98 Å². The van der Waals surface area contributed by atoms with Gasteiger partial charge in [0, 0.05) is 37.9 Å². The third-order valence-electron chi connectivity index (χ3n) is 4.67. The van der Waals surface area contributed by atoms with Crippen LogP contribution < -0.4 is 15.0 Å². The van der Waals surface area contributed by atoms with Gasteiger partial charge in [0.1, 0.15) is 18.2 Å². The van der Waals surface area contributed by atoms with E-state index in [4.69, 9.17) is 11.2 Å². The van der Waals surface area contributed by atoms with Gasteiger partial charge in [-0.15, -0.1) is 6.42 Å². The van der Waals surface area contributed by atoms with Gasteiger partial charge in [0.05, 0.1) is 0 Å². The van der Waals surface area contributed by atoms with E-state index in [1.165, 1.54) is 31.2 Å². The number of hydrogen-bond acceptors (Lipinski definition) is 4. The van der Waals surface area contributed by atoms with Gasteiger partial charge in [-0.2, -0.15) is 0 Å². The number of aromatic nitrogens is 1. The lowest BCUT2D eigenvalue weighted by atomic mass is 10.2. The molecular weight excluding hydrogens is 322 g/mol. The summed E-state index contributed by atoms with van der Waals surface area (Å²) in [6, 6.07) is 12.3. The Morgan fingerprint density at radius 1 is 1.08 bits per heavy atom. The molecule has 2 heterocycles. The van der Waals surface area contributed by atoms with Crippen molar-refractivity contribution in [3.8, 4) is 18.1 Å². The van der Waals surface area contributed by atoms with E-state index in [2.05, 4.69) is 39.3 Å². The Kier molecular flexibility index (Phi) is 6.92. The summed E-state index contributed by atoms with van der Waals surface area (Å²) in [5, 5.41) is 3.50. The van der Waals surface area contributed by atoms with Crippen molar-refractivity contribution in [2.75, 3.05) is 24.6 Å². The number of nitrogens with zero attached hydrogens (tertiary/aromatic N) is 2. The average molecular weight is 349 g/mol. The van der Waals surface area contributed by atoms with Gasteiger partial charge in [0.2, 0.25) is 0 Å². The van der Waals surface area contributed by atoms with E-state index in [0.717, 1.165) is 43.3 Å². The molecule has 4 heteroatoms. The molecule has 26 heavy (non-hydrogen) atoms. The highest BCUT2D eigenvalue weighted by atomic mass is 16.5. The van der Waals surface area contributed by atoms with E-state index in [1.54, 1.807) is 0 Å². The highest BCUT2D eigenvalue weighted by Crippen LogP contribution is 2.19. The van der Waals surface area contributed by atoms with Crippen LogP contribution in [0.4, 0.5) is 5.82 Å². The molecule has 0 unspecified atom stereocenters. The number of terminal acetylenes is 1. The van der Waals surface area contributed by atoms with Crippen LogP contribution in [-0.4, -0.2) is 24.7 Å². The van der Waals surface area contributed by atoms with Crippen molar-refractivity contribution >= 4 is 5.82 Å². The standard InChI is InChI=1S/C22H27N3O/c1-2-15-26-21-10-6-5-9-20(21)18-23-17-19-11-12-24-22(16-19)25-13-7-3-4-8-14-25/h1,5-6,9-12,16,23H,3-4,7-8,13-15,17-18H2. The number of pyridine rings is 1. The number of benzene rings is 1. The largest absolute Gasteiger partial charge is 0.481 e. The van der Waals surface area contributed by atoms with E-state index in [9.17, 15) is 0 Å². The Morgan fingerprint density at radius 3 is 2.69 bits per heavy atom. The lowest BCUT2D eigenvalue weighted by molar-refractivity contribution is 0.365. The topological polar surface area (TPSA) is 37.4 Å². The van der Waals surface area contributed by atoms with Crippen molar-refractivity contribution in [2.45, 2.75) is 38.8 Å². The zero-order valence-electron chi connectivity index (χ0n) is 15.3. The molecule has 1 N–H and O–H groups in total. The highest BCUT2D eigenvalue weighted by Gasteiger charge is 2.11. The summed E-state index contributed by atoms with van der Waals surface area (Å²) in [6.07, 6.45) is 12.4. The molecule has 4 nitrogen and oxygen atoms in total. The van der Waals surface area contributed by atoms with E-state index >= 15 is 0 Å². The maximum atomic E-state index is 5.61. The summed E-state index contributed by atoms with van der Waals surface area (Å²) in [5.41, 5.74) is 2.37. The molecule has 2 aromatic rings. The number of nitrogens with one attached hydrogen (secondary N) is 1. The van der Waals surface area contributed by atoms with Crippen molar-refractivity contribution in [1.29, 1.82) is 0 Å². The second-order valence-corrected chi connectivity index (χ2v) is 6.63. The molecule has 3 rings (SSSR count). The van der Waals surface area contributed by atoms with Gasteiger partial charge >= 0.3 is 0 Å². The van der Waals surface area contributed by atoms with Gasteiger partial charge in [0.25, 0.3) is 0 Å². The maximum absolute atomic E-state index is 5.61. The summed E-state index contributed by atoms with van der Waals surface area (Å²) in [5.74, 6) is 4.46. The fourth-order valence-corrected chi connectivity index (χ4v) is 3.29. The lowest BCUT2D eigenvalue weighted by Crippen LogP contribution is -2.25. The number of ether oxygens (including phenoxy) is 1. The molecule has 0 amide bonds. The number of hydrogen-bond donors (Lipinski definition) is 1. The predicted octanol–water partition coefficient (Wildman–Crippen LogP) is 3.76. The third kappa shape index (κ3) is 5.24. The zero-order chi connectivity index (χ0) is 18.0. The first-order valence-electron chi connectivity index (χ1n) is 9.41. The fourth-order valence-electron chi connectivity index (χ4n) is 3.29. The predicted molar refractivity (Wildman–Crippen MR) is 106 cm³/mol. The monoisotopic (exact) mass is 349 g/mol. The summed E-state index contributed by atoms with van der Waals surface area (Å²) in [4.78, 5) is 6.99. The van der Waals surface area contributed by atoms with Crippen LogP contribution in [0, 0.1) is 12.3 Å². The van der Waals surface area contributed by atoms with E-state index in [1.807, 2.05) is 24.4 Å². The molecule has 0 bridgehead atoms. The number of anilines is 1. The van der Waals surface area contributed by atoms with Crippen LogP contribution >= 0.6 is 0 Å². The highest BCUT2D eigenvalue weighted by molar-refractivity contribution is 5.41. The number of rotatable bonds is 7. The first-order chi connectivity index (χ1) is 12.9. The van der Waals surface area contributed by atoms with Gasteiger partial charge in [-0.3, -0.25) is 0 Å². The zero-order valence-corrected chi connectivity index (χ0v) is 15.3. The Balaban J connectivity index is 1.57. The van der Waals surface area contributed by atoms with Crippen LogP contribution in [0.3, 0.4) is 0 Å². The summed E-state index contributed by atoms with van der Waals surface area (Å²) in [6.45, 7) is 4.06. The molecule has 0 atom stereocenters. The summed E-state index contributed by atoms with van der Waals surface area (Å²) >= 11 is 0. The molecule has 1 fully saturated rings. The minimum atomic E-state index is 0.292. The van der Waals surface area contributed by atoms with Crippen molar-refractivity contribution in [3.05, 3.63) is 53.7 Å². The van der Waals surface area contributed by atoms with Gasteiger partial charge in [-0.05, 0) is 36.6 Å². The minimum Gasteiger partial charge on any atom is -0.481 e. The van der Waals surface area contributed by atoms with E-state index in [-0.39, 0.29) is 0 Å². The molecule has 1 saturated heterocycles. The van der Waals surface area contributed by atoms with Crippen molar-refractivity contribution in [3.63, 3.8) is 0 Å². The minimum absolute atomic E-state index is 0.292. The van der Waals surface area contributed by atoms with Crippen LogP contribution in [0.25, 0.3) is 0 Å². The molecule has 1 aromatic carbocycles. The second kappa shape index (κ2) is 9.84. The molecule has 1 aromatic heterocycles. The second-order valence-electron chi connectivity index (χ2n) is 6.63. The molecule has 1 aliphatic rings. The maximum Gasteiger partial charge on any atom is 0.148 e. The molecule has 0 saturated carbocycles. The lowest BCUT2D eigenvalue weighted by Gasteiger charge is -2.21. The van der Waals surface area contributed by atoms with Crippen LogP contribution in [0.15, 0.2) is 42.6 Å². The molecular formula is C22H27N3O. The first-order valence-corrected chi connectivity index (χ1v) is 9.41. The van der Waals surface area contributed by atoms with Crippen molar-refractivity contribution in [2.24, 2.45) is 0 Å². The molecule has 1 aliphatic heterocycles. The van der Waals surface area contributed by atoms with Crippen molar-refractivity contribution in [1.82, 2.24) is 10.3 Å². The Bertz CT molecular complexity index is 730. The molecule has 0 spiro atoms.